The van der Waals surface area contributed by atoms with Crippen molar-refractivity contribution < 1.29 is 13.2 Å². The van der Waals surface area contributed by atoms with Crippen LogP contribution in [0.25, 0.3) is 0 Å². The zero-order valence-corrected chi connectivity index (χ0v) is 15.9. The topological polar surface area (TPSA) is 53.1 Å². The first-order valence-corrected chi connectivity index (χ1v) is 10.5. The molecule has 23 heavy (non-hydrogen) atoms. The van der Waals surface area contributed by atoms with E-state index in [1.54, 1.807) is 18.3 Å². The van der Waals surface area contributed by atoms with Crippen molar-refractivity contribution >= 4 is 10.0 Å². The highest BCUT2D eigenvalue weighted by Gasteiger charge is 2.29. The smallest absolute Gasteiger partial charge is 0.213 e. The first kappa shape index (κ1) is 19.1. The van der Waals surface area contributed by atoms with Crippen LogP contribution in [0.3, 0.4) is 0 Å². The molecule has 0 aromatic rings. The van der Waals surface area contributed by atoms with Crippen molar-refractivity contribution in [2.24, 2.45) is 0 Å². The van der Waals surface area contributed by atoms with E-state index in [-0.39, 0.29) is 11.8 Å². The van der Waals surface area contributed by atoms with Crippen LogP contribution in [0.1, 0.15) is 33.6 Å². The van der Waals surface area contributed by atoms with Crippen LogP contribution in [0.2, 0.25) is 0 Å². The molecule has 2 aliphatic heterocycles. The summed E-state index contributed by atoms with van der Waals surface area (Å²) in [6, 6.07) is 0.166. The van der Waals surface area contributed by atoms with E-state index in [2.05, 4.69) is 23.6 Å². The van der Waals surface area contributed by atoms with Gasteiger partial charge in [0.05, 0.1) is 18.0 Å². The quantitative estimate of drug-likeness (QED) is 0.713. The second kappa shape index (κ2) is 8.25. The van der Waals surface area contributed by atoms with Crippen LogP contribution < -0.4 is 0 Å². The van der Waals surface area contributed by atoms with Gasteiger partial charge in [0.25, 0.3) is 0 Å². The Morgan fingerprint density at radius 2 is 1.57 bits per heavy atom. The molecule has 2 fully saturated rings. The van der Waals surface area contributed by atoms with Crippen LogP contribution >= 0.6 is 0 Å². The van der Waals surface area contributed by atoms with Gasteiger partial charge in [-0.1, -0.05) is 0 Å². The molecule has 0 aliphatic carbocycles. The van der Waals surface area contributed by atoms with Gasteiger partial charge in [-0.15, -0.1) is 0 Å². The summed E-state index contributed by atoms with van der Waals surface area (Å²) in [6.07, 6.45) is 2.51. The molecule has 0 radical (unpaired) electrons. The monoisotopic (exact) mass is 347 g/mol. The molecule has 0 bridgehead atoms. The van der Waals surface area contributed by atoms with E-state index in [4.69, 9.17) is 4.74 Å². The maximum Gasteiger partial charge on any atom is 0.213 e. The number of sulfonamides is 1. The molecule has 2 aliphatic rings. The Labute approximate surface area is 141 Å². The average Bonchev–Trinajstić information content (AvgIpc) is 2.52. The number of nitrogens with zero attached hydrogens (tertiary/aromatic N) is 3. The van der Waals surface area contributed by atoms with Crippen LogP contribution in [0.4, 0.5) is 0 Å². The summed E-state index contributed by atoms with van der Waals surface area (Å²) in [5.74, 6) is 0.192. The van der Waals surface area contributed by atoms with Gasteiger partial charge in [-0.3, -0.25) is 4.90 Å². The van der Waals surface area contributed by atoms with E-state index in [9.17, 15) is 8.42 Å². The van der Waals surface area contributed by atoms with Crippen molar-refractivity contribution in [3.05, 3.63) is 0 Å². The highest BCUT2D eigenvalue weighted by Crippen LogP contribution is 2.18. The summed E-state index contributed by atoms with van der Waals surface area (Å²) in [4.78, 5) is 4.95. The molecule has 7 heteroatoms. The standard InChI is InChI=1S/C16H33N3O3S/c1-5-23(20,21)17(4)16-6-8-18(9-7-16)10-11-19-12-14(2)22-15(3)13-19/h14-16H,5-13H2,1-4H3/t14-,15-/m0/s1. The minimum absolute atomic E-state index is 0.166. The third kappa shape index (κ3) is 5.39. The molecule has 0 unspecified atom stereocenters. The van der Waals surface area contributed by atoms with E-state index in [1.165, 1.54) is 0 Å². The number of hydrogen-bond donors (Lipinski definition) is 0. The third-order valence-corrected chi connectivity index (χ3v) is 7.01. The van der Waals surface area contributed by atoms with Crippen LogP contribution in [0.15, 0.2) is 0 Å². The molecule has 0 N–H and O–H groups in total. The molecule has 136 valence electrons. The fraction of sp³-hybridized carbons (Fsp3) is 1.00. The molecule has 0 aromatic heterocycles. The zero-order chi connectivity index (χ0) is 17.0. The first-order valence-electron chi connectivity index (χ1n) is 8.87. The van der Waals surface area contributed by atoms with Crippen molar-refractivity contribution in [2.45, 2.75) is 51.9 Å². The van der Waals surface area contributed by atoms with Crippen molar-refractivity contribution in [3.8, 4) is 0 Å². The minimum Gasteiger partial charge on any atom is -0.373 e. The number of ether oxygens (including phenoxy) is 1. The van der Waals surface area contributed by atoms with Gasteiger partial charge in [0, 0.05) is 39.3 Å². The van der Waals surface area contributed by atoms with E-state index >= 15 is 0 Å². The number of piperidine rings is 1. The van der Waals surface area contributed by atoms with Crippen LogP contribution in [-0.2, 0) is 14.8 Å². The van der Waals surface area contributed by atoms with Crippen molar-refractivity contribution in [1.82, 2.24) is 14.1 Å². The number of likely N-dealkylation sites (tertiary alicyclic amines) is 1. The number of morpholine rings is 1. The highest BCUT2D eigenvalue weighted by atomic mass is 32.2. The van der Waals surface area contributed by atoms with Gasteiger partial charge < -0.3 is 9.64 Å². The Bertz CT molecular complexity index is 453. The van der Waals surface area contributed by atoms with Crippen LogP contribution in [0, 0.1) is 0 Å². The lowest BCUT2D eigenvalue weighted by Crippen LogP contribution is -2.50. The molecule has 2 saturated heterocycles. The van der Waals surface area contributed by atoms with Gasteiger partial charge >= 0.3 is 0 Å². The lowest BCUT2D eigenvalue weighted by atomic mass is 10.1. The Morgan fingerprint density at radius 1 is 1.04 bits per heavy atom. The second-order valence-electron chi connectivity index (χ2n) is 7.01. The summed E-state index contributed by atoms with van der Waals surface area (Å²) >= 11 is 0. The van der Waals surface area contributed by atoms with Gasteiger partial charge in [-0.25, -0.2) is 12.7 Å². The predicted octanol–water partition coefficient (Wildman–Crippen LogP) is 0.842. The Kier molecular flexibility index (Phi) is 6.86. The Balaban J connectivity index is 1.73. The van der Waals surface area contributed by atoms with E-state index < -0.39 is 10.0 Å². The Morgan fingerprint density at radius 3 is 2.09 bits per heavy atom. The summed E-state index contributed by atoms with van der Waals surface area (Å²) in [7, 11) is -1.33. The van der Waals surface area contributed by atoms with Crippen molar-refractivity contribution in [3.63, 3.8) is 0 Å². The molecular formula is C16H33N3O3S. The number of rotatable bonds is 6. The van der Waals surface area contributed by atoms with Gasteiger partial charge in [0.1, 0.15) is 0 Å². The van der Waals surface area contributed by atoms with Gasteiger partial charge in [-0.05, 0) is 46.7 Å². The SMILES string of the molecule is CCS(=O)(=O)N(C)C1CCN(CCN2C[C@H](C)O[C@@H](C)C2)CC1. The molecule has 0 amide bonds. The highest BCUT2D eigenvalue weighted by molar-refractivity contribution is 7.89. The maximum atomic E-state index is 12.0. The summed E-state index contributed by atoms with van der Waals surface area (Å²) in [5.41, 5.74) is 0. The lowest BCUT2D eigenvalue weighted by molar-refractivity contribution is -0.0697. The van der Waals surface area contributed by atoms with Gasteiger partial charge in [-0.2, -0.15) is 0 Å². The summed E-state index contributed by atoms with van der Waals surface area (Å²) in [6.45, 7) is 12.1. The van der Waals surface area contributed by atoms with Crippen LogP contribution in [-0.4, -0.2) is 92.8 Å². The zero-order valence-electron chi connectivity index (χ0n) is 15.1. The van der Waals surface area contributed by atoms with E-state index in [0.29, 0.717) is 12.2 Å². The summed E-state index contributed by atoms with van der Waals surface area (Å²) < 4.78 is 31.3. The molecular weight excluding hydrogens is 314 g/mol. The van der Waals surface area contributed by atoms with Gasteiger partial charge in [0.15, 0.2) is 0 Å². The third-order valence-electron chi connectivity index (χ3n) is 5.10. The molecule has 2 rings (SSSR count). The van der Waals surface area contributed by atoms with Crippen molar-refractivity contribution in [2.75, 3.05) is 52.1 Å². The second-order valence-corrected chi connectivity index (χ2v) is 9.32. The van der Waals surface area contributed by atoms with Gasteiger partial charge in [0.2, 0.25) is 10.0 Å². The average molecular weight is 348 g/mol. The Hall–Kier alpha value is -0.210. The fourth-order valence-corrected chi connectivity index (χ4v) is 4.76. The van der Waals surface area contributed by atoms with Crippen molar-refractivity contribution in [1.29, 1.82) is 0 Å². The van der Waals surface area contributed by atoms with E-state index in [0.717, 1.165) is 52.1 Å². The normalized spacial score (nSPS) is 29.3. The molecule has 6 nitrogen and oxygen atoms in total. The maximum absolute atomic E-state index is 12.0. The molecule has 2 atom stereocenters. The van der Waals surface area contributed by atoms with E-state index in [1.807, 2.05) is 0 Å². The molecule has 2 heterocycles. The summed E-state index contributed by atoms with van der Waals surface area (Å²) in [5, 5.41) is 0. The lowest BCUT2D eigenvalue weighted by Gasteiger charge is -2.39. The molecule has 0 saturated carbocycles. The predicted molar refractivity (Wildman–Crippen MR) is 93.1 cm³/mol. The minimum atomic E-state index is -3.06. The largest absolute Gasteiger partial charge is 0.373 e. The fourth-order valence-electron chi connectivity index (χ4n) is 3.69. The van der Waals surface area contributed by atoms with Crippen LogP contribution in [0.5, 0.6) is 0 Å². The molecule has 0 spiro atoms. The first-order chi connectivity index (χ1) is 10.8. The molecule has 0 aromatic carbocycles. The number of hydrogen-bond acceptors (Lipinski definition) is 5.